The summed E-state index contributed by atoms with van der Waals surface area (Å²) in [6.45, 7) is 4.80. The number of fused-ring (bicyclic) bond motifs is 1. The van der Waals surface area contributed by atoms with E-state index in [9.17, 15) is 9.59 Å². The van der Waals surface area contributed by atoms with E-state index in [1.54, 1.807) is 18.0 Å². The third kappa shape index (κ3) is 4.54. The molecule has 2 aromatic heterocycles. The van der Waals surface area contributed by atoms with E-state index < -0.39 is 0 Å². The van der Waals surface area contributed by atoms with Gasteiger partial charge in [-0.15, -0.1) is 0 Å². The van der Waals surface area contributed by atoms with Gasteiger partial charge in [0.1, 0.15) is 0 Å². The third-order valence-electron chi connectivity index (χ3n) is 4.48. The highest BCUT2D eigenvalue weighted by atomic mass is 16.5. The van der Waals surface area contributed by atoms with Crippen molar-refractivity contribution in [3.63, 3.8) is 0 Å². The van der Waals surface area contributed by atoms with Crippen LogP contribution in [0.1, 0.15) is 47.8 Å². The lowest BCUT2D eigenvalue weighted by Crippen LogP contribution is -2.31. The molecule has 7 heteroatoms. The first kappa shape index (κ1) is 19.5. The molecule has 2 amide bonds. The van der Waals surface area contributed by atoms with Gasteiger partial charge in [0.25, 0.3) is 11.6 Å². The summed E-state index contributed by atoms with van der Waals surface area (Å²) in [4.78, 5) is 30.5. The summed E-state index contributed by atoms with van der Waals surface area (Å²) >= 11 is 0. The van der Waals surface area contributed by atoms with E-state index in [0.717, 1.165) is 16.6 Å². The van der Waals surface area contributed by atoms with Gasteiger partial charge < -0.3 is 14.7 Å². The smallest absolute Gasteiger partial charge is 0.257 e. The fourth-order valence-corrected chi connectivity index (χ4v) is 2.91. The maximum Gasteiger partial charge on any atom is 0.257 e. The van der Waals surface area contributed by atoms with E-state index in [1.807, 2.05) is 44.2 Å². The molecule has 0 aliphatic rings. The maximum absolute atomic E-state index is 12.4. The number of benzene rings is 1. The Morgan fingerprint density at radius 1 is 1.21 bits per heavy atom. The molecule has 28 heavy (non-hydrogen) atoms. The Morgan fingerprint density at radius 2 is 1.96 bits per heavy atom. The Morgan fingerprint density at radius 3 is 2.68 bits per heavy atom. The van der Waals surface area contributed by atoms with E-state index in [2.05, 4.69) is 15.5 Å². The molecule has 0 spiro atoms. The zero-order chi connectivity index (χ0) is 20.1. The van der Waals surface area contributed by atoms with Crippen LogP contribution in [-0.4, -0.2) is 40.4 Å². The number of pyridine rings is 1. The minimum atomic E-state index is -0.274. The molecule has 0 saturated heterocycles. The molecule has 0 unspecified atom stereocenters. The van der Waals surface area contributed by atoms with Crippen LogP contribution in [0.3, 0.4) is 0 Å². The second kappa shape index (κ2) is 8.65. The minimum Gasteiger partial charge on any atom is -0.351 e. The van der Waals surface area contributed by atoms with Crippen molar-refractivity contribution in [2.75, 3.05) is 13.6 Å². The Kier molecular flexibility index (Phi) is 6.03. The molecule has 0 bridgehead atoms. The third-order valence-corrected chi connectivity index (χ3v) is 4.48. The van der Waals surface area contributed by atoms with E-state index in [1.165, 1.54) is 6.20 Å². The fourth-order valence-electron chi connectivity index (χ4n) is 2.91. The summed E-state index contributed by atoms with van der Waals surface area (Å²) in [5, 5.41) is 7.53. The minimum absolute atomic E-state index is 0.0288. The van der Waals surface area contributed by atoms with Crippen molar-refractivity contribution >= 4 is 22.9 Å². The molecule has 1 N–H and O–H groups in total. The van der Waals surface area contributed by atoms with Gasteiger partial charge in [0, 0.05) is 32.8 Å². The highest BCUT2D eigenvalue weighted by Gasteiger charge is 2.16. The van der Waals surface area contributed by atoms with Gasteiger partial charge in [-0.2, -0.15) is 0 Å². The number of nitrogens with one attached hydrogen (secondary N) is 1. The Hall–Kier alpha value is -3.22. The number of aromatic nitrogens is 2. The highest BCUT2D eigenvalue weighted by Crippen LogP contribution is 2.23. The van der Waals surface area contributed by atoms with Crippen LogP contribution in [0, 0.1) is 0 Å². The van der Waals surface area contributed by atoms with Crippen LogP contribution in [0.25, 0.3) is 11.1 Å². The molecule has 1 aromatic carbocycles. The van der Waals surface area contributed by atoms with Crippen LogP contribution < -0.4 is 5.32 Å². The van der Waals surface area contributed by atoms with Gasteiger partial charge in [-0.05, 0) is 17.5 Å². The summed E-state index contributed by atoms with van der Waals surface area (Å²) in [6.07, 6.45) is 1.69. The molecule has 3 aromatic rings. The van der Waals surface area contributed by atoms with Gasteiger partial charge >= 0.3 is 0 Å². The van der Waals surface area contributed by atoms with Crippen molar-refractivity contribution in [3.8, 4) is 0 Å². The molecule has 0 aliphatic heterocycles. The molecule has 146 valence electrons. The van der Waals surface area contributed by atoms with Gasteiger partial charge in [0.05, 0.1) is 16.6 Å². The van der Waals surface area contributed by atoms with Crippen molar-refractivity contribution in [1.29, 1.82) is 0 Å². The van der Waals surface area contributed by atoms with Crippen LogP contribution >= 0.6 is 0 Å². The second-order valence-corrected chi connectivity index (χ2v) is 7.04. The summed E-state index contributed by atoms with van der Waals surface area (Å²) in [5.74, 6) is -0.137. The Balaban J connectivity index is 1.54. The van der Waals surface area contributed by atoms with Crippen molar-refractivity contribution in [1.82, 2.24) is 20.4 Å². The van der Waals surface area contributed by atoms with Crippen LogP contribution in [0.15, 0.2) is 47.1 Å². The molecule has 2 heterocycles. The average Bonchev–Trinajstić information content (AvgIpc) is 3.12. The summed E-state index contributed by atoms with van der Waals surface area (Å²) in [5.41, 5.74) is 2.67. The van der Waals surface area contributed by atoms with Gasteiger partial charge in [-0.3, -0.25) is 9.59 Å². The highest BCUT2D eigenvalue weighted by molar-refractivity contribution is 5.97. The quantitative estimate of drug-likeness (QED) is 0.680. The van der Waals surface area contributed by atoms with Crippen molar-refractivity contribution in [3.05, 3.63) is 59.4 Å². The first-order valence-corrected chi connectivity index (χ1v) is 9.27. The largest absolute Gasteiger partial charge is 0.351 e. The molecule has 7 nitrogen and oxygen atoms in total. The average molecular weight is 380 g/mol. The number of carbonyl (C=O) groups is 2. The van der Waals surface area contributed by atoms with Crippen molar-refractivity contribution in [2.24, 2.45) is 0 Å². The SMILES string of the molecule is CC(C)c1noc2ncc(C(=O)NCCC(=O)N(C)Cc3ccccc3)cc12. The number of nitrogens with zero attached hydrogens (tertiary/aromatic N) is 3. The first-order valence-electron chi connectivity index (χ1n) is 9.27. The zero-order valence-corrected chi connectivity index (χ0v) is 16.3. The van der Waals surface area contributed by atoms with E-state index in [4.69, 9.17) is 4.52 Å². The number of carbonyl (C=O) groups excluding carboxylic acids is 2. The lowest BCUT2D eigenvalue weighted by molar-refractivity contribution is -0.130. The summed E-state index contributed by atoms with van der Waals surface area (Å²) in [6, 6.07) is 11.5. The van der Waals surface area contributed by atoms with Crippen molar-refractivity contribution < 1.29 is 14.1 Å². The van der Waals surface area contributed by atoms with Gasteiger partial charge in [-0.25, -0.2) is 4.98 Å². The van der Waals surface area contributed by atoms with E-state index in [0.29, 0.717) is 17.8 Å². The normalized spacial score (nSPS) is 11.0. The van der Waals surface area contributed by atoms with Gasteiger partial charge in [0.15, 0.2) is 0 Å². The molecule has 3 rings (SSSR count). The second-order valence-electron chi connectivity index (χ2n) is 7.04. The number of hydrogen-bond donors (Lipinski definition) is 1. The van der Waals surface area contributed by atoms with Crippen molar-refractivity contribution in [2.45, 2.75) is 32.7 Å². The zero-order valence-electron chi connectivity index (χ0n) is 16.3. The molecule has 0 aliphatic carbocycles. The Labute approximate surface area is 163 Å². The molecular formula is C21H24N4O3. The monoisotopic (exact) mass is 380 g/mol. The standard InChI is InChI=1S/C21H24N4O3/c1-14(2)19-17-11-16(12-23-21(17)28-24-19)20(27)22-10-9-18(26)25(3)13-15-7-5-4-6-8-15/h4-8,11-12,14H,9-10,13H2,1-3H3,(H,22,27). The topological polar surface area (TPSA) is 88.3 Å². The van der Waals surface area contributed by atoms with Crippen LogP contribution in [-0.2, 0) is 11.3 Å². The van der Waals surface area contributed by atoms with Gasteiger partial charge in [-0.1, -0.05) is 49.3 Å². The van der Waals surface area contributed by atoms with Crippen LogP contribution in [0.2, 0.25) is 0 Å². The Bertz CT molecular complexity index is 966. The predicted octanol–water partition coefficient (Wildman–Crippen LogP) is 3.12. The van der Waals surface area contributed by atoms with Gasteiger partial charge in [0.2, 0.25) is 5.91 Å². The predicted molar refractivity (Wildman–Crippen MR) is 106 cm³/mol. The van der Waals surface area contributed by atoms with Crippen LogP contribution in [0.4, 0.5) is 0 Å². The lowest BCUT2D eigenvalue weighted by atomic mass is 10.1. The van der Waals surface area contributed by atoms with E-state index >= 15 is 0 Å². The van der Waals surface area contributed by atoms with Crippen LogP contribution in [0.5, 0.6) is 0 Å². The lowest BCUT2D eigenvalue weighted by Gasteiger charge is -2.17. The molecule has 0 saturated carbocycles. The van der Waals surface area contributed by atoms with E-state index in [-0.39, 0.29) is 30.7 Å². The number of amides is 2. The molecular weight excluding hydrogens is 356 g/mol. The fraction of sp³-hybridized carbons (Fsp3) is 0.333. The first-order chi connectivity index (χ1) is 13.5. The summed E-state index contributed by atoms with van der Waals surface area (Å²) in [7, 11) is 1.76. The summed E-state index contributed by atoms with van der Waals surface area (Å²) < 4.78 is 5.19. The molecule has 0 radical (unpaired) electrons. The molecule has 0 atom stereocenters. The number of hydrogen-bond acceptors (Lipinski definition) is 5. The maximum atomic E-state index is 12.4. The molecule has 0 fully saturated rings. The number of rotatable bonds is 7.